The Morgan fingerprint density at radius 1 is 1.21 bits per heavy atom. The first-order chi connectivity index (χ1) is 9.27. The maximum absolute atomic E-state index is 5.77. The molecule has 0 radical (unpaired) electrons. The van der Waals surface area contributed by atoms with Gasteiger partial charge in [-0.1, -0.05) is 32.8 Å². The molecule has 3 nitrogen and oxygen atoms in total. The van der Waals surface area contributed by atoms with Gasteiger partial charge in [-0.05, 0) is 37.2 Å². The summed E-state index contributed by atoms with van der Waals surface area (Å²) in [6, 6.07) is 6.14. The highest BCUT2D eigenvalue weighted by molar-refractivity contribution is 7.71. The number of hydrogen-bond acceptors (Lipinski definition) is 2. The molecule has 1 aromatic heterocycles. The maximum Gasteiger partial charge on any atom is 0.178 e. The minimum absolute atomic E-state index is 0.737. The number of imidazole rings is 1. The second-order valence-corrected chi connectivity index (χ2v) is 5.17. The van der Waals surface area contributed by atoms with Crippen LogP contribution in [0.15, 0.2) is 18.2 Å². The summed E-state index contributed by atoms with van der Waals surface area (Å²) in [7, 11) is 0. The Balaban J connectivity index is 2.32. The van der Waals surface area contributed by atoms with Crippen molar-refractivity contribution in [1.82, 2.24) is 9.55 Å². The van der Waals surface area contributed by atoms with E-state index >= 15 is 0 Å². The molecule has 0 fully saturated rings. The summed E-state index contributed by atoms with van der Waals surface area (Å²) in [5.74, 6) is 0.902. The Bertz CT molecular complexity index is 585. The van der Waals surface area contributed by atoms with Gasteiger partial charge < -0.3 is 14.3 Å². The molecule has 19 heavy (non-hydrogen) atoms. The normalized spacial score (nSPS) is 11.1. The standard InChI is InChI=1S/C15H22N2OS/c1-3-5-6-10-17-12-8-7-9-13(18-11-4-2)14(12)16-15(17)19/h7-9H,3-6,10-11H2,1-2H3,(H,16,19). The smallest absolute Gasteiger partial charge is 0.178 e. The zero-order chi connectivity index (χ0) is 13.7. The van der Waals surface area contributed by atoms with Crippen LogP contribution >= 0.6 is 12.2 Å². The quantitative estimate of drug-likeness (QED) is 0.589. The van der Waals surface area contributed by atoms with E-state index in [1.807, 2.05) is 12.1 Å². The Labute approximate surface area is 119 Å². The molecule has 0 bridgehead atoms. The van der Waals surface area contributed by atoms with Crippen molar-refractivity contribution in [3.8, 4) is 5.75 Å². The largest absolute Gasteiger partial charge is 0.491 e. The molecule has 104 valence electrons. The van der Waals surface area contributed by atoms with Crippen LogP contribution in [0.1, 0.15) is 39.5 Å². The number of H-pyrrole nitrogens is 1. The third-order valence-corrected chi connectivity index (χ3v) is 3.54. The van der Waals surface area contributed by atoms with Crippen LogP contribution in [-0.2, 0) is 6.54 Å². The topological polar surface area (TPSA) is 29.9 Å². The lowest BCUT2D eigenvalue weighted by molar-refractivity contribution is 0.320. The lowest BCUT2D eigenvalue weighted by atomic mass is 10.2. The number of unbranched alkanes of at least 4 members (excludes halogenated alkanes) is 2. The summed E-state index contributed by atoms with van der Waals surface area (Å²) < 4.78 is 8.74. The predicted molar refractivity (Wildman–Crippen MR) is 82.4 cm³/mol. The maximum atomic E-state index is 5.77. The lowest BCUT2D eigenvalue weighted by Crippen LogP contribution is -1.98. The van der Waals surface area contributed by atoms with Crippen LogP contribution in [0, 0.1) is 4.77 Å². The summed E-state index contributed by atoms with van der Waals surface area (Å²) in [5, 5.41) is 0. The van der Waals surface area contributed by atoms with Crippen molar-refractivity contribution in [3.63, 3.8) is 0 Å². The second-order valence-electron chi connectivity index (χ2n) is 4.79. The molecule has 0 amide bonds. The average molecular weight is 278 g/mol. The van der Waals surface area contributed by atoms with Gasteiger partial charge in [0.05, 0.1) is 12.1 Å². The van der Waals surface area contributed by atoms with E-state index in [4.69, 9.17) is 17.0 Å². The number of fused-ring (bicyclic) bond motifs is 1. The number of aromatic nitrogens is 2. The minimum atomic E-state index is 0.737. The molecule has 0 spiro atoms. The molecule has 0 atom stereocenters. The number of benzene rings is 1. The fraction of sp³-hybridized carbons (Fsp3) is 0.533. The lowest BCUT2D eigenvalue weighted by Gasteiger charge is -2.07. The van der Waals surface area contributed by atoms with Crippen molar-refractivity contribution in [3.05, 3.63) is 23.0 Å². The monoisotopic (exact) mass is 278 g/mol. The predicted octanol–water partition coefficient (Wildman–Crippen LogP) is 4.68. The van der Waals surface area contributed by atoms with Gasteiger partial charge in [0, 0.05) is 6.54 Å². The Kier molecular flexibility index (Phi) is 5.02. The van der Waals surface area contributed by atoms with Crippen LogP contribution in [0.3, 0.4) is 0 Å². The highest BCUT2D eigenvalue weighted by Gasteiger charge is 2.08. The van der Waals surface area contributed by atoms with Gasteiger partial charge >= 0.3 is 0 Å². The molecule has 2 aromatic rings. The van der Waals surface area contributed by atoms with E-state index in [2.05, 4.69) is 29.5 Å². The Hall–Kier alpha value is -1.29. The first-order valence-corrected chi connectivity index (χ1v) is 7.53. The summed E-state index contributed by atoms with van der Waals surface area (Å²) in [6.07, 6.45) is 4.63. The molecule has 4 heteroatoms. The number of hydrogen-bond donors (Lipinski definition) is 1. The highest BCUT2D eigenvalue weighted by atomic mass is 32.1. The van der Waals surface area contributed by atoms with Crippen LogP contribution in [0.2, 0.25) is 0 Å². The van der Waals surface area contributed by atoms with Crippen LogP contribution in [0.5, 0.6) is 5.75 Å². The van der Waals surface area contributed by atoms with Crippen molar-refractivity contribution in [2.24, 2.45) is 0 Å². The van der Waals surface area contributed by atoms with Gasteiger partial charge in [0.25, 0.3) is 0 Å². The molecular weight excluding hydrogens is 256 g/mol. The van der Waals surface area contributed by atoms with Crippen molar-refractivity contribution >= 4 is 23.3 Å². The molecule has 0 saturated heterocycles. The first-order valence-electron chi connectivity index (χ1n) is 7.12. The second kappa shape index (κ2) is 6.75. The number of para-hydroxylation sites is 1. The molecule has 1 aromatic carbocycles. The van der Waals surface area contributed by atoms with Crippen LogP contribution in [0.25, 0.3) is 11.0 Å². The van der Waals surface area contributed by atoms with Gasteiger partial charge in [-0.2, -0.15) is 0 Å². The molecule has 0 aliphatic rings. The fourth-order valence-corrected chi connectivity index (χ4v) is 2.52. The number of aromatic amines is 1. The van der Waals surface area contributed by atoms with Gasteiger partial charge in [0.2, 0.25) is 0 Å². The van der Waals surface area contributed by atoms with Gasteiger partial charge in [0.15, 0.2) is 4.77 Å². The molecule has 0 saturated carbocycles. The van der Waals surface area contributed by atoms with E-state index in [9.17, 15) is 0 Å². The molecule has 1 N–H and O–H groups in total. The van der Waals surface area contributed by atoms with E-state index in [0.717, 1.165) is 47.5 Å². The van der Waals surface area contributed by atoms with Gasteiger partial charge in [-0.15, -0.1) is 0 Å². The van der Waals surface area contributed by atoms with Gasteiger partial charge in [-0.25, -0.2) is 0 Å². The van der Waals surface area contributed by atoms with E-state index in [-0.39, 0.29) is 0 Å². The van der Waals surface area contributed by atoms with Gasteiger partial charge in [-0.3, -0.25) is 0 Å². The molecular formula is C15H22N2OS. The molecule has 0 unspecified atom stereocenters. The third kappa shape index (κ3) is 3.18. The van der Waals surface area contributed by atoms with E-state index in [1.165, 1.54) is 12.8 Å². The SMILES string of the molecule is CCCCCn1c(=S)[nH]c2c(OCCC)cccc21. The van der Waals surface area contributed by atoms with Crippen LogP contribution in [-0.4, -0.2) is 16.2 Å². The Morgan fingerprint density at radius 3 is 2.79 bits per heavy atom. The average Bonchev–Trinajstić information content (AvgIpc) is 2.74. The minimum Gasteiger partial charge on any atom is -0.491 e. The number of nitrogens with zero attached hydrogens (tertiary/aromatic N) is 1. The van der Waals surface area contributed by atoms with Crippen LogP contribution < -0.4 is 4.74 Å². The fourth-order valence-electron chi connectivity index (χ4n) is 2.23. The van der Waals surface area contributed by atoms with Crippen molar-refractivity contribution in [2.75, 3.05) is 6.61 Å². The molecule has 1 heterocycles. The summed E-state index contributed by atoms with van der Waals surface area (Å²) in [5.41, 5.74) is 2.17. The highest BCUT2D eigenvalue weighted by Crippen LogP contribution is 2.25. The zero-order valence-corrected chi connectivity index (χ0v) is 12.6. The van der Waals surface area contributed by atoms with Crippen molar-refractivity contribution < 1.29 is 4.74 Å². The summed E-state index contributed by atoms with van der Waals surface area (Å²) in [4.78, 5) is 3.28. The Morgan fingerprint density at radius 2 is 2.05 bits per heavy atom. The van der Waals surface area contributed by atoms with Crippen LogP contribution in [0.4, 0.5) is 0 Å². The van der Waals surface area contributed by atoms with E-state index < -0.39 is 0 Å². The van der Waals surface area contributed by atoms with E-state index in [1.54, 1.807) is 0 Å². The molecule has 0 aliphatic carbocycles. The van der Waals surface area contributed by atoms with Gasteiger partial charge in [0.1, 0.15) is 11.3 Å². The van der Waals surface area contributed by atoms with Crippen molar-refractivity contribution in [2.45, 2.75) is 46.1 Å². The number of ether oxygens (including phenoxy) is 1. The number of rotatable bonds is 7. The van der Waals surface area contributed by atoms with Crippen molar-refractivity contribution in [1.29, 1.82) is 0 Å². The van der Waals surface area contributed by atoms with E-state index in [0.29, 0.717) is 0 Å². The third-order valence-electron chi connectivity index (χ3n) is 3.22. The number of aryl methyl sites for hydroxylation is 1. The molecule has 0 aliphatic heterocycles. The summed E-state index contributed by atoms with van der Waals surface area (Å²) in [6.45, 7) is 6.04. The summed E-state index contributed by atoms with van der Waals surface area (Å²) >= 11 is 5.43. The number of nitrogens with one attached hydrogen (secondary N) is 1. The zero-order valence-electron chi connectivity index (χ0n) is 11.7. The first kappa shape index (κ1) is 14.1. The molecule has 2 rings (SSSR count).